The average molecular weight is 370 g/mol. The second-order valence-corrected chi connectivity index (χ2v) is 6.48. The first-order chi connectivity index (χ1) is 13.0. The van der Waals surface area contributed by atoms with Gasteiger partial charge in [0.1, 0.15) is 0 Å². The number of carboxylic acids is 1. The largest absolute Gasteiger partial charge is 0.481 e. The number of hydrogen-bond donors (Lipinski definition) is 2. The van der Waals surface area contributed by atoms with Crippen LogP contribution in [0.1, 0.15) is 23.2 Å². The Morgan fingerprint density at radius 3 is 2.70 bits per heavy atom. The number of aliphatic carboxylic acids is 1. The maximum Gasteiger partial charge on any atom is 0.305 e. The lowest BCUT2D eigenvalue weighted by molar-refractivity contribution is -0.146. The van der Waals surface area contributed by atoms with Crippen LogP contribution in [-0.2, 0) is 14.3 Å². The molecule has 1 saturated heterocycles. The smallest absolute Gasteiger partial charge is 0.305 e. The second kappa shape index (κ2) is 8.64. The van der Waals surface area contributed by atoms with Crippen LogP contribution < -0.4 is 5.32 Å². The zero-order chi connectivity index (χ0) is 19.2. The molecule has 2 aromatic rings. The van der Waals surface area contributed by atoms with Crippen LogP contribution in [0.5, 0.6) is 0 Å². The van der Waals surface area contributed by atoms with Gasteiger partial charge in [-0.2, -0.15) is 0 Å². The monoisotopic (exact) mass is 370 g/mol. The van der Waals surface area contributed by atoms with Crippen molar-refractivity contribution in [3.63, 3.8) is 0 Å². The van der Waals surface area contributed by atoms with Crippen LogP contribution in [0.4, 0.5) is 0 Å². The summed E-state index contributed by atoms with van der Waals surface area (Å²) in [5.74, 6) is -1.38. The van der Waals surface area contributed by atoms with Gasteiger partial charge in [0.2, 0.25) is 5.91 Å². The third-order valence-corrected chi connectivity index (χ3v) is 4.59. The molecule has 2 amide bonds. The number of rotatable bonds is 6. The van der Waals surface area contributed by atoms with Gasteiger partial charge in [-0.15, -0.1) is 0 Å². The third-order valence-electron chi connectivity index (χ3n) is 4.59. The van der Waals surface area contributed by atoms with Gasteiger partial charge in [0.05, 0.1) is 25.7 Å². The number of carboxylic acid groups (broad SMARTS) is 1. The van der Waals surface area contributed by atoms with E-state index in [1.165, 1.54) is 0 Å². The van der Waals surface area contributed by atoms with Crippen molar-refractivity contribution in [2.75, 3.05) is 26.3 Å². The summed E-state index contributed by atoms with van der Waals surface area (Å²) in [5.41, 5.74) is 0.538. The zero-order valence-electron chi connectivity index (χ0n) is 14.9. The van der Waals surface area contributed by atoms with E-state index in [4.69, 9.17) is 9.84 Å². The molecule has 1 atom stereocenters. The van der Waals surface area contributed by atoms with Gasteiger partial charge in [0.25, 0.3) is 5.91 Å². The topological polar surface area (TPSA) is 95.9 Å². The number of ether oxygens (including phenoxy) is 1. The minimum atomic E-state index is -0.965. The van der Waals surface area contributed by atoms with Crippen LogP contribution in [0, 0.1) is 0 Å². The molecule has 0 spiro atoms. The van der Waals surface area contributed by atoms with Gasteiger partial charge in [-0.3, -0.25) is 14.4 Å². The molecule has 27 heavy (non-hydrogen) atoms. The lowest BCUT2D eigenvalue weighted by atomic mass is 10.1. The lowest BCUT2D eigenvalue weighted by Crippen LogP contribution is -2.50. The minimum absolute atomic E-state index is 0.120. The van der Waals surface area contributed by atoms with E-state index in [9.17, 15) is 14.4 Å². The van der Waals surface area contributed by atoms with E-state index in [-0.39, 0.29) is 37.8 Å². The quantitative estimate of drug-likeness (QED) is 0.806. The number of benzene rings is 2. The highest BCUT2D eigenvalue weighted by molar-refractivity contribution is 5.98. The van der Waals surface area contributed by atoms with Gasteiger partial charge in [-0.25, -0.2) is 0 Å². The molecular weight excluding hydrogens is 348 g/mol. The molecule has 1 aliphatic rings. The predicted octanol–water partition coefficient (Wildman–Crippen LogP) is 1.66. The van der Waals surface area contributed by atoms with E-state index in [2.05, 4.69) is 5.32 Å². The number of amides is 2. The summed E-state index contributed by atoms with van der Waals surface area (Å²) >= 11 is 0. The molecule has 0 bridgehead atoms. The summed E-state index contributed by atoms with van der Waals surface area (Å²) in [4.78, 5) is 37.2. The van der Waals surface area contributed by atoms with Gasteiger partial charge < -0.3 is 20.1 Å². The maximum absolute atomic E-state index is 12.4. The van der Waals surface area contributed by atoms with E-state index >= 15 is 0 Å². The van der Waals surface area contributed by atoms with Crippen molar-refractivity contribution < 1.29 is 24.2 Å². The Morgan fingerprint density at radius 1 is 1.15 bits per heavy atom. The summed E-state index contributed by atoms with van der Waals surface area (Å²) in [6.45, 7) is 1.18. The molecule has 3 rings (SSSR count). The summed E-state index contributed by atoms with van der Waals surface area (Å²) < 4.78 is 5.27. The van der Waals surface area contributed by atoms with Gasteiger partial charge in [0, 0.05) is 25.1 Å². The Bertz CT molecular complexity index is 851. The summed E-state index contributed by atoms with van der Waals surface area (Å²) in [6, 6.07) is 12.8. The van der Waals surface area contributed by atoms with Gasteiger partial charge in [-0.05, 0) is 22.9 Å². The fourth-order valence-electron chi connectivity index (χ4n) is 3.21. The molecule has 1 unspecified atom stereocenters. The van der Waals surface area contributed by atoms with E-state index in [1.54, 1.807) is 11.0 Å². The fraction of sp³-hybridized carbons (Fsp3) is 0.350. The number of fused-ring (bicyclic) bond motifs is 1. The number of carbonyl (C=O) groups excluding carboxylic acids is 2. The van der Waals surface area contributed by atoms with E-state index in [0.29, 0.717) is 18.7 Å². The Labute approximate surface area is 156 Å². The van der Waals surface area contributed by atoms with Gasteiger partial charge in [-0.1, -0.05) is 30.3 Å². The Kier molecular flexibility index (Phi) is 6.03. The van der Waals surface area contributed by atoms with Crippen molar-refractivity contribution in [3.8, 4) is 0 Å². The van der Waals surface area contributed by atoms with E-state index < -0.39 is 12.0 Å². The van der Waals surface area contributed by atoms with Crippen LogP contribution in [0.15, 0.2) is 42.5 Å². The molecule has 7 heteroatoms. The van der Waals surface area contributed by atoms with Crippen molar-refractivity contribution in [1.29, 1.82) is 0 Å². The summed E-state index contributed by atoms with van der Waals surface area (Å²) in [7, 11) is 0. The lowest BCUT2D eigenvalue weighted by Gasteiger charge is -2.35. The van der Waals surface area contributed by atoms with Crippen LogP contribution in [0.25, 0.3) is 10.8 Å². The molecule has 0 saturated carbocycles. The Balaban J connectivity index is 1.53. The van der Waals surface area contributed by atoms with Crippen molar-refractivity contribution >= 4 is 28.6 Å². The molecule has 2 aromatic carbocycles. The number of hydrogen-bond acceptors (Lipinski definition) is 4. The number of nitrogens with one attached hydrogen (secondary N) is 1. The van der Waals surface area contributed by atoms with Crippen molar-refractivity contribution in [1.82, 2.24) is 10.2 Å². The fourth-order valence-corrected chi connectivity index (χ4v) is 3.21. The zero-order valence-corrected chi connectivity index (χ0v) is 14.9. The molecule has 0 aliphatic carbocycles. The molecule has 2 N–H and O–H groups in total. The summed E-state index contributed by atoms with van der Waals surface area (Å²) in [5, 5.41) is 13.8. The highest BCUT2D eigenvalue weighted by Crippen LogP contribution is 2.16. The molecule has 1 aliphatic heterocycles. The van der Waals surface area contributed by atoms with Crippen molar-refractivity contribution in [2.45, 2.75) is 18.9 Å². The highest BCUT2D eigenvalue weighted by Gasteiger charge is 2.28. The van der Waals surface area contributed by atoms with Gasteiger partial charge in [0.15, 0.2) is 0 Å². The molecule has 0 radical (unpaired) electrons. The molecule has 1 fully saturated rings. The van der Waals surface area contributed by atoms with Crippen LogP contribution in [0.2, 0.25) is 0 Å². The van der Waals surface area contributed by atoms with Crippen molar-refractivity contribution in [2.24, 2.45) is 0 Å². The van der Waals surface area contributed by atoms with Crippen LogP contribution >= 0.6 is 0 Å². The molecule has 0 aromatic heterocycles. The first kappa shape index (κ1) is 18.8. The highest BCUT2D eigenvalue weighted by atomic mass is 16.5. The SMILES string of the molecule is O=C(O)CC1COCCN1C(=O)CCNC(=O)c1ccc2ccccc2c1. The van der Waals surface area contributed by atoms with E-state index in [0.717, 1.165) is 10.8 Å². The van der Waals surface area contributed by atoms with Crippen LogP contribution in [-0.4, -0.2) is 60.1 Å². The normalized spacial score (nSPS) is 16.9. The summed E-state index contributed by atoms with van der Waals surface area (Å²) in [6.07, 6.45) is -0.0232. The standard InChI is InChI=1S/C20H22N2O5/c23-18(22-9-10-27-13-17(22)12-19(24)25)7-8-21-20(26)16-6-5-14-3-1-2-4-15(14)11-16/h1-6,11,17H,7-10,12-13H2,(H,21,26)(H,24,25). The van der Waals surface area contributed by atoms with Crippen molar-refractivity contribution in [3.05, 3.63) is 48.0 Å². The number of carbonyl (C=O) groups is 3. The molecule has 142 valence electrons. The van der Waals surface area contributed by atoms with E-state index in [1.807, 2.05) is 36.4 Å². The number of morpholine rings is 1. The Morgan fingerprint density at radius 2 is 1.93 bits per heavy atom. The predicted molar refractivity (Wildman–Crippen MR) is 99.5 cm³/mol. The Hall–Kier alpha value is -2.93. The van der Waals surface area contributed by atoms with Gasteiger partial charge >= 0.3 is 5.97 Å². The second-order valence-electron chi connectivity index (χ2n) is 6.48. The van der Waals surface area contributed by atoms with Crippen LogP contribution in [0.3, 0.4) is 0 Å². The maximum atomic E-state index is 12.4. The molecular formula is C20H22N2O5. The molecule has 7 nitrogen and oxygen atoms in total. The minimum Gasteiger partial charge on any atom is -0.481 e. The average Bonchev–Trinajstić information content (AvgIpc) is 2.67. The first-order valence-corrected chi connectivity index (χ1v) is 8.90. The first-order valence-electron chi connectivity index (χ1n) is 8.90. The third kappa shape index (κ3) is 4.83. The number of nitrogens with zero attached hydrogens (tertiary/aromatic N) is 1. The molecule has 1 heterocycles.